The molecule has 150 valence electrons. The minimum absolute atomic E-state index is 0.0502. The van der Waals surface area contributed by atoms with Crippen molar-refractivity contribution in [2.24, 2.45) is 16.7 Å². The van der Waals surface area contributed by atoms with E-state index in [9.17, 15) is 14.4 Å². The molecule has 5 heteroatoms. The lowest BCUT2D eigenvalue weighted by Gasteiger charge is -2.24. The van der Waals surface area contributed by atoms with Crippen molar-refractivity contribution in [3.8, 4) is 0 Å². The topological polar surface area (TPSA) is 66.5 Å². The molecule has 0 aromatic heterocycles. The van der Waals surface area contributed by atoms with Crippen LogP contribution in [0.25, 0.3) is 0 Å². The monoisotopic (exact) mass is 366 g/mol. The van der Waals surface area contributed by atoms with Gasteiger partial charge in [0.05, 0.1) is 5.92 Å². The molecule has 0 aliphatic carbocycles. The first-order valence-corrected chi connectivity index (χ1v) is 10.0. The van der Waals surface area contributed by atoms with Crippen molar-refractivity contribution < 1.29 is 14.4 Å². The molecular weight excluding hydrogens is 328 g/mol. The van der Waals surface area contributed by atoms with E-state index in [1.807, 2.05) is 20.8 Å². The molecule has 0 bridgehead atoms. The third kappa shape index (κ3) is 7.88. The van der Waals surface area contributed by atoms with Crippen LogP contribution in [0.5, 0.6) is 0 Å². The van der Waals surface area contributed by atoms with E-state index in [2.05, 4.69) is 26.1 Å². The van der Waals surface area contributed by atoms with E-state index in [-0.39, 0.29) is 29.1 Å². The second-order valence-corrected chi connectivity index (χ2v) is 9.83. The van der Waals surface area contributed by atoms with Gasteiger partial charge in [0.15, 0.2) is 0 Å². The number of carbonyl (C=O) groups is 3. The first-order valence-electron chi connectivity index (χ1n) is 10.0. The number of rotatable bonds is 9. The molecule has 0 spiro atoms. The van der Waals surface area contributed by atoms with Gasteiger partial charge in [0.1, 0.15) is 0 Å². The van der Waals surface area contributed by atoms with Crippen molar-refractivity contribution in [3.63, 3.8) is 0 Å². The lowest BCUT2D eigenvalue weighted by Crippen LogP contribution is -2.34. The van der Waals surface area contributed by atoms with Gasteiger partial charge < -0.3 is 5.32 Å². The molecule has 1 atom stereocenters. The van der Waals surface area contributed by atoms with Crippen LogP contribution in [0.1, 0.15) is 86.5 Å². The fraction of sp³-hybridized carbons (Fsp3) is 0.857. The molecular formula is C21H38N2O3. The Morgan fingerprint density at radius 3 is 2.23 bits per heavy atom. The molecule has 1 unspecified atom stereocenters. The normalized spacial score (nSPS) is 18.5. The van der Waals surface area contributed by atoms with Gasteiger partial charge in [-0.1, -0.05) is 48.0 Å². The van der Waals surface area contributed by atoms with Crippen LogP contribution in [0.3, 0.4) is 0 Å². The highest BCUT2D eigenvalue weighted by atomic mass is 16.2. The van der Waals surface area contributed by atoms with Crippen molar-refractivity contribution in [3.05, 3.63) is 0 Å². The maximum atomic E-state index is 12.4. The molecule has 3 amide bonds. The van der Waals surface area contributed by atoms with Crippen LogP contribution in [0, 0.1) is 16.7 Å². The summed E-state index contributed by atoms with van der Waals surface area (Å²) in [6, 6.07) is 0. The molecule has 1 saturated heterocycles. The third-order valence-electron chi connectivity index (χ3n) is 5.00. The number of carbonyl (C=O) groups excluding carboxylic acids is 3. The fourth-order valence-corrected chi connectivity index (χ4v) is 3.25. The molecule has 1 N–H and O–H groups in total. The van der Waals surface area contributed by atoms with E-state index in [4.69, 9.17) is 0 Å². The minimum Gasteiger partial charge on any atom is -0.356 e. The first kappa shape index (κ1) is 22.7. The Morgan fingerprint density at radius 1 is 1.04 bits per heavy atom. The number of hydrogen-bond donors (Lipinski definition) is 1. The van der Waals surface area contributed by atoms with E-state index in [1.165, 1.54) is 4.90 Å². The Morgan fingerprint density at radius 2 is 1.69 bits per heavy atom. The molecule has 1 aliphatic rings. The predicted molar refractivity (Wildman–Crippen MR) is 104 cm³/mol. The summed E-state index contributed by atoms with van der Waals surface area (Å²) in [5.74, 6) is -0.275. The van der Waals surface area contributed by atoms with Gasteiger partial charge >= 0.3 is 0 Å². The quantitative estimate of drug-likeness (QED) is 0.497. The summed E-state index contributed by atoms with van der Waals surface area (Å²) < 4.78 is 0. The van der Waals surface area contributed by atoms with E-state index >= 15 is 0 Å². The average molecular weight is 367 g/mol. The zero-order valence-corrected chi connectivity index (χ0v) is 17.6. The Balaban J connectivity index is 2.17. The Bertz CT molecular complexity index is 500. The van der Waals surface area contributed by atoms with E-state index in [0.717, 1.165) is 25.8 Å². The zero-order valence-electron chi connectivity index (χ0n) is 17.6. The van der Waals surface area contributed by atoms with Crippen molar-refractivity contribution in [2.75, 3.05) is 13.1 Å². The van der Waals surface area contributed by atoms with Gasteiger partial charge in [-0.3, -0.25) is 19.3 Å². The van der Waals surface area contributed by atoms with Crippen LogP contribution in [0.2, 0.25) is 0 Å². The zero-order chi connectivity index (χ0) is 20.0. The molecule has 1 fully saturated rings. The largest absolute Gasteiger partial charge is 0.356 e. The van der Waals surface area contributed by atoms with Gasteiger partial charge in [-0.2, -0.15) is 0 Å². The lowest BCUT2D eigenvalue weighted by molar-refractivity contribution is -0.140. The predicted octanol–water partition coefficient (Wildman–Crippen LogP) is 3.91. The SMILES string of the molecule is CC(C)(C)CCCCNC(=O)CCCCN1C(=O)CC(C(C)(C)C)C1=O. The van der Waals surface area contributed by atoms with Gasteiger partial charge in [-0.05, 0) is 36.5 Å². The van der Waals surface area contributed by atoms with Crippen molar-refractivity contribution in [1.29, 1.82) is 0 Å². The van der Waals surface area contributed by atoms with E-state index in [1.54, 1.807) is 0 Å². The van der Waals surface area contributed by atoms with Gasteiger partial charge in [-0.25, -0.2) is 0 Å². The van der Waals surface area contributed by atoms with Gasteiger partial charge in [0.2, 0.25) is 17.7 Å². The number of nitrogens with one attached hydrogen (secondary N) is 1. The summed E-state index contributed by atoms with van der Waals surface area (Å²) in [5, 5.41) is 2.96. The smallest absolute Gasteiger partial charge is 0.233 e. The molecule has 1 rings (SSSR count). The average Bonchev–Trinajstić information content (AvgIpc) is 2.77. The molecule has 0 radical (unpaired) electrons. The summed E-state index contributed by atoms with van der Waals surface area (Å²) in [7, 11) is 0. The number of likely N-dealkylation sites (tertiary alicyclic amines) is 1. The third-order valence-corrected chi connectivity index (χ3v) is 5.00. The molecule has 1 aliphatic heterocycles. The number of amides is 3. The number of nitrogens with zero attached hydrogens (tertiary/aromatic N) is 1. The standard InChI is InChI=1S/C21H38N2O3/c1-20(2,3)12-8-9-13-22-17(24)11-7-10-14-23-18(25)15-16(19(23)26)21(4,5)6/h16H,7-15H2,1-6H3,(H,22,24). The van der Waals surface area contributed by atoms with Crippen LogP contribution < -0.4 is 5.32 Å². The summed E-state index contributed by atoms with van der Waals surface area (Å²) in [6.07, 6.45) is 5.45. The summed E-state index contributed by atoms with van der Waals surface area (Å²) in [6.45, 7) is 13.8. The first-order chi connectivity index (χ1) is 11.9. The summed E-state index contributed by atoms with van der Waals surface area (Å²) in [4.78, 5) is 37.7. The number of imide groups is 1. The van der Waals surface area contributed by atoms with Crippen LogP contribution in [0.4, 0.5) is 0 Å². The maximum absolute atomic E-state index is 12.4. The van der Waals surface area contributed by atoms with Crippen LogP contribution in [0.15, 0.2) is 0 Å². The van der Waals surface area contributed by atoms with Gasteiger partial charge in [-0.15, -0.1) is 0 Å². The molecule has 0 aromatic carbocycles. The minimum atomic E-state index is -0.216. The number of hydrogen-bond acceptors (Lipinski definition) is 3. The molecule has 26 heavy (non-hydrogen) atoms. The van der Waals surface area contributed by atoms with Crippen molar-refractivity contribution in [2.45, 2.75) is 86.5 Å². The Hall–Kier alpha value is -1.39. The van der Waals surface area contributed by atoms with Crippen LogP contribution in [-0.4, -0.2) is 35.7 Å². The second-order valence-electron chi connectivity index (χ2n) is 9.83. The van der Waals surface area contributed by atoms with Crippen LogP contribution in [-0.2, 0) is 14.4 Å². The second kappa shape index (κ2) is 9.52. The summed E-state index contributed by atoms with van der Waals surface area (Å²) in [5.41, 5.74) is 0.162. The van der Waals surface area contributed by atoms with Gasteiger partial charge in [0, 0.05) is 25.9 Å². The molecule has 0 saturated carbocycles. The highest BCUT2D eigenvalue weighted by molar-refractivity contribution is 6.03. The Kier molecular flexibility index (Phi) is 8.29. The van der Waals surface area contributed by atoms with Crippen molar-refractivity contribution in [1.82, 2.24) is 10.2 Å². The lowest BCUT2D eigenvalue weighted by atomic mass is 9.80. The van der Waals surface area contributed by atoms with E-state index in [0.29, 0.717) is 37.6 Å². The molecule has 5 nitrogen and oxygen atoms in total. The highest BCUT2D eigenvalue weighted by Crippen LogP contribution is 2.35. The van der Waals surface area contributed by atoms with Gasteiger partial charge in [0.25, 0.3) is 0 Å². The summed E-state index contributed by atoms with van der Waals surface area (Å²) >= 11 is 0. The molecule has 1 heterocycles. The molecule has 0 aromatic rings. The Labute approximate surface area is 159 Å². The number of unbranched alkanes of at least 4 members (excludes halogenated alkanes) is 2. The van der Waals surface area contributed by atoms with E-state index < -0.39 is 0 Å². The maximum Gasteiger partial charge on any atom is 0.233 e. The fourth-order valence-electron chi connectivity index (χ4n) is 3.25. The highest BCUT2D eigenvalue weighted by Gasteiger charge is 2.44. The van der Waals surface area contributed by atoms with Crippen LogP contribution >= 0.6 is 0 Å². The van der Waals surface area contributed by atoms with Crippen molar-refractivity contribution >= 4 is 17.7 Å².